The molecule has 4 aliphatic rings. The molecule has 2 aliphatic carbocycles. The second-order valence-corrected chi connectivity index (χ2v) is 12.6. The van der Waals surface area contributed by atoms with Crippen LogP contribution in [0.4, 0.5) is 0 Å². The van der Waals surface area contributed by atoms with Crippen molar-refractivity contribution in [2.24, 2.45) is 5.73 Å². The SMILES string of the molecule is COc1ccc2c3c(cccc13)OC1(C=CC(=O)c3ccccc31)O2.NCC(=O)Oc1ccc2c3c(cccc13)OC1(C=CC(=O)c3ccccc31)O2. The molecule has 10 nitrogen and oxygen atoms in total. The Morgan fingerprint density at radius 3 is 1.53 bits per heavy atom. The van der Waals surface area contributed by atoms with Crippen LogP contribution in [0, 0.1) is 0 Å². The molecule has 6 aromatic carbocycles. The normalized spacial score (nSPS) is 19.6. The fourth-order valence-corrected chi connectivity index (χ4v) is 7.19. The first-order chi connectivity index (χ1) is 25.8. The smallest absolute Gasteiger partial charge is 0.325 e. The first kappa shape index (κ1) is 32.0. The van der Waals surface area contributed by atoms with E-state index in [1.807, 2.05) is 78.9 Å². The quantitative estimate of drug-likeness (QED) is 0.148. The van der Waals surface area contributed by atoms with Crippen LogP contribution >= 0.6 is 0 Å². The molecule has 0 aromatic heterocycles. The largest absolute Gasteiger partial charge is 0.496 e. The average molecular weight is 704 g/mol. The van der Waals surface area contributed by atoms with Gasteiger partial charge in [0.25, 0.3) is 11.6 Å². The highest BCUT2D eigenvalue weighted by Gasteiger charge is 2.45. The van der Waals surface area contributed by atoms with E-state index in [2.05, 4.69) is 0 Å². The predicted octanol–water partition coefficient (Wildman–Crippen LogP) is 7.31. The van der Waals surface area contributed by atoms with E-state index >= 15 is 0 Å². The molecule has 2 atom stereocenters. The Morgan fingerprint density at radius 2 is 1.04 bits per heavy atom. The first-order valence-corrected chi connectivity index (χ1v) is 16.8. The van der Waals surface area contributed by atoms with E-state index in [9.17, 15) is 14.4 Å². The maximum absolute atomic E-state index is 12.3. The Labute approximate surface area is 302 Å². The first-order valence-electron chi connectivity index (χ1n) is 16.8. The van der Waals surface area contributed by atoms with Crippen LogP contribution < -0.4 is 34.2 Å². The van der Waals surface area contributed by atoms with Gasteiger partial charge in [0.1, 0.15) is 34.5 Å². The molecule has 2 aliphatic heterocycles. The van der Waals surface area contributed by atoms with Crippen LogP contribution in [0.2, 0.25) is 0 Å². The van der Waals surface area contributed by atoms with Gasteiger partial charge in [-0.05, 0) is 48.6 Å². The number of esters is 1. The maximum Gasteiger partial charge on any atom is 0.325 e. The summed E-state index contributed by atoms with van der Waals surface area (Å²) >= 11 is 0. The maximum atomic E-state index is 12.3. The van der Waals surface area contributed by atoms with Gasteiger partial charge in [0.15, 0.2) is 11.6 Å². The van der Waals surface area contributed by atoms with Gasteiger partial charge in [-0.2, -0.15) is 0 Å². The van der Waals surface area contributed by atoms with E-state index in [1.165, 1.54) is 12.2 Å². The summed E-state index contributed by atoms with van der Waals surface area (Å²) in [6.07, 6.45) is 6.29. The van der Waals surface area contributed by atoms with E-state index in [1.54, 1.807) is 49.6 Å². The van der Waals surface area contributed by atoms with Gasteiger partial charge in [-0.15, -0.1) is 0 Å². The Balaban J connectivity index is 0.000000141. The van der Waals surface area contributed by atoms with E-state index in [0.29, 0.717) is 61.8 Å². The minimum Gasteiger partial charge on any atom is -0.496 e. The Morgan fingerprint density at radius 1 is 0.585 bits per heavy atom. The number of fused-ring (bicyclic) bond motifs is 4. The van der Waals surface area contributed by atoms with Crippen molar-refractivity contribution in [1.82, 2.24) is 0 Å². The van der Waals surface area contributed by atoms with E-state index in [4.69, 9.17) is 34.2 Å². The highest BCUT2D eigenvalue weighted by Crippen LogP contribution is 2.51. The minimum absolute atomic E-state index is 0.0489. The molecule has 2 heterocycles. The molecular weight excluding hydrogens is 674 g/mol. The zero-order valence-electron chi connectivity index (χ0n) is 28.2. The number of methoxy groups -OCH3 is 1. The second-order valence-electron chi connectivity index (χ2n) is 12.6. The zero-order chi connectivity index (χ0) is 36.3. The molecule has 0 fully saturated rings. The molecule has 53 heavy (non-hydrogen) atoms. The number of ether oxygens (including phenoxy) is 6. The molecular formula is C43H29NO9. The summed E-state index contributed by atoms with van der Waals surface area (Å²) in [6.45, 7) is -0.214. The van der Waals surface area contributed by atoms with Crippen LogP contribution in [0.5, 0.6) is 34.5 Å². The number of nitrogens with two attached hydrogens (primary N) is 1. The summed E-state index contributed by atoms with van der Waals surface area (Å²) in [5.41, 5.74) is 7.83. The second kappa shape index (κ2) is 12.1. The number of benzene rings is 6. The molecule has 2 N–H and O–H groups in total. The van der Waals surface area contributed by atoms with Gasteiger partial charge in [-0.1, -0.05) is 72.8 Å². The van der Waals surface area contributed by atoms with E-state index in [-0.39, 0.29) is 18.1 Å². The van der Waals surface area contributed by atoms with Crippen molar-refractivity contribution in [2.45, 2.75) is 11.6 Å². The number of rotatable bonds is 3. The fraction of sp³-hybridized carbons (Fsp3) is 0.0930. The molecule has 6 aromatic rings. The Kier molecular flexibility index (Phi) is 7.32. The van der Waals surface area contributed by atoms with Gasteiger partial charge >= 0.3 is 5.97 Å². The minimum atomic E-state index is -1.23. The van der Waals surface area contributed by atoms with Crippen molar-refractivity contribution in [1.29, 1.82) is 0 Å². The van der Waals surface area contributed by atoms with Crippen molar-refractivity contribution in [3.63, 3.8) is 0 Å². The monoisotopic (exact) mass is 703 g/mol. The molecule has 0 bridgehead atoms. The fourth-order valence-electron chi connectivity index (χ4n) is 7.19. The van der Waals surface area contributed by atoms with Crippen LogP contribution in [0.25, 0.3) is 21.5 Å². The van der Waals surface area contributed by atoms with Crippen LogP contribution in [0.3, 0.4) is 0 Å². The molecule has 10 heteroatoms. The summed E-state index contributed by atoms with van der Waals surface area (Å²) in [7, 11) is 1.64. The van der Waals surface area contributed by atoms with Crippen LogP contribution in [0.1, 0.15) is 31.8 Å². The molecule has 260 valence electrons. The van der Waals surface area contributed by atoms with Gasteiger partial charge in [0, 0.05) is 34.1 Å². The van der Waals surface area contributed by atoms with Crippen LogP contribution in [-0.4, -0.2) is 31.2 Å². The number of allylic oxidation sites excluding steroid dienone is 2. The molecule has 2 spiro atoms. The molecule has 0 amide bonds. The third-order valence-electron chi connectivity index (χ3n) is 9.55. The summed E-state index contributed by atoms with van der Waals surface area (Å²) in [6, 6.07) is 33.0. The van der Waals surface area contributed by atoms with Gasteiger partial charge < -0.3 is 34.2 Å². The standard InChI is InChI=1S/C22H15NO5.C21H14O4/c23-12-20(25)26-17-8-9-19-21-14(17)5-3-7-18(21)27-22(28-19)11-10-16(24)13-4-1-2-6-15(13)22;1-23-17-9-10-19-20-14(17)6-4-8-18(20)24-21(25-19)12-11-16(22)13-5-2-3-7-15(13)21/h1-11H,12,23H2;2-12H,1H3. The van der Waals surface area contributed by atoms with Crippen LogP contribution in [-0.2, 0) is 16.4 Å². The van der Waals surface area contributed by atoms with Crippen molar-refractivity contribution in [3.8, 4) is 34.5 Å². The van der Waals surface area contributed by atoms with Crippen LogP contribution in [0.15, 0.2) is 133 Å². The molecule has 0 radical (unpaired) electrons. The Bertz CT molecular complexity index is 2580. The van der Waals surface area contributed by atoms with Gasteiger partial charge in [-0.3, -0.25) is 14.4 Å². The lowest BCUT2D eigenvalue weighted by molar-refractivity contribution is -0.132. The number of hydrogen-bond acceptors (Lipinski definition) is 10. The predicted molar refractivity (Wildman–Crippen MR) is 195 cm³/mol. The number of carbonyl (C=O) groups is 3. The number of hydrogen-bond donors (Lipinski definition) is 1. The summed E-state index contributed by atoms with van der Waals surface area (Å²) in [5.74, 6) is 0.634. The number of ketones is 2. The molecule has 0 saturated heterocycles. The van der Waals surface area contributed by atoms with Crippen molar-refractivity contribution in [2.75, 3.05) is 13.7 Å². The third kappa shape index (κ3) is 5.02. The average Bonchev–Trinajstić information content (AvgIpc) is 3.20. The van der Waals surface area contributed by atoms with Crippen molar-refractivity contribution in [3.05, 3.63) is 156 Å². The molecule has 0 saturated carbocycles. The molecule has 2 unspecified atom stereocenters. The molecule has 10 rings (SSSR count). The Hall–Kier alpha value is -6.91. The highest BCUT2D eigenvalue weighted by atomic mass is 16.7. The summed E-state index contributed by atoms with van der Waals surface area (Å²) in [5, 5.41) is 3.17. The lowest BCUT2D eigenvalue weighted by Crippen LogP contribution is -2.42. The topological polar surface area (TPSA) is 133 Å². The lowest BCUT2D eigenvalue weighted by atomic mass is 9.90. The van der Waals surface area contributed by atoms with Gasteiger partial charge in [0.05, 0.1) is 35.6 Å². The van der Waals surface area contributed by atoms with Gasteiger partial charge in [-0.25, -0.2) is 0 Å². The highest BCUT2D eigenvalue weighted by molar-refractivity contribution is 6.08. The summed E-state index contributed by atoms with van der Waals surface area (Å²) in [4.78, 5) is 36.1. The van der Waals surface area contributed by atoms with E-state index in [0.717, 1.165) is 16.5 Å². The third-order valence-corrected chi connectivity index (χ3v) is 9.55. The van der Waals surface area contributed by atoms with Gasteiger partial charge in [0.2, 0.25) is 0 Å². The summed E-state index contributed by atoms with van der Waals surface area (Å²) < 4.78 is 35.9. The van der Waals surface area contributed by atoms with E-state index < -0.39 is 17.5 Å². The van der Waals surface area contributed by atoms with Crippen molar-refractivity contribution < 1.29 is 42.8 Å². The zero-order valence-corrected chi connectivity index (χ0v) is 28.2. The number of carbonyl (C=O) groups excluding carboxylic acids is 3. The lowest BCUT2D eigenvalue weighted by Gasteiger charge is -2.39. The van der Waals surface area contributed by atoms with Crippen molar-refractivity contribution >= 4 is 39.1 Å².